The van der Waals surface area contributed by atoms with Crippen molar-refractivity contribution in [3.8, 4) is 0 Å². The molecule has 0 radical (unpaired) electrons. The topological polar surface area (TPSA) is 52.7 Å². The van der Waals surface area contributed by atoms with Gasteiger partial charge in [0.1, 0.15) is 0 Å². The van der Waals surface area contributed by atoms with Gasteiger partial charge in [0.2, 0.25) is 5.91 Å². The van der Waals surface area contributed by atoms with Crippen LogP contribution < -0.4 is 5.32 Å². The molecule has 1 heterocycles. The summed E-state index contributed by atoms with van der Waals surface area (Å²) in [7, 11) is 0. The lowest BCUT2D eigenvalue weighted by Crippen LogP contribution is -2.44. The highest BCUT2D eigenvalue weighted by molar-refractivity contribution is 5.81. The van der Waals surface area contributed by atoms with Gasteiger partial charge in [-0.1, -0.05) is 24.3 Å². The Labute approximate surface area is 149 Å². The number of hydrogen-bond donors (Lipinski definition) is 1. The average molecular weight is 341 g/mol. The first-order valence-corrected chi connectivity index (χ1v) is 9.64. The minimum atomic E-state index is 0.0161. The van der Waals surface area contributed by atoms with Gasteiger partial charge < -0.3 is 15.1 Å². The van der Waals surface area contributed by atoms with Gasteiger partial charge in [-0.3, -0.25) is 4.79 Å². The number of carbonyl (C=O) groups excluding carboxylic acids is 2. The number of benzene rings is 1. The Balaban J connectivity index is 1.36. The number of nitrogens with zero attached hydrogens (tertiary/aromatic N) is 2. The quantitative estimate of drug-likeness (QED) is 0.899. The normalized spacial score (nSPS) is 23.6. The van der Waals surface area contributed by atoms with Crippen molar-refractivity contribution >= 4 is 11.9 Å². The van der Waals surface area contributed by atoms with Crippen LogP contribution in [0.3, 0.4) is 0 Å². The molecule has 0 spiro atoms. The molecule has 1 aliphatic heterocycles. The molecule has 1 N–H and O–H groups in total. The summed E-state index contributed by atoms with van der Waals surface area (Å²) in [5.74, 6) is 0.558. The molecule has 0 unspecified atom stereocenters. The van der Waals surface area contributed by atoms with E-state index in [1.54, 1.807) is 0 Å². The Morgan fingerprint density at radius 2 is 1.68 bits per heavy atom. The zero-order valence-electron chi connectivity index (χ0n) is 14.7. The van der Waals surface area contributed by atoms with Gasteiger partial charge in [-0.15, -0.1) is 0 Å². The van der Waals surface area contributed by atoms with E-state index >= 15 is 0 Å². The van der Waals surface area contributed by atoms with E-state index in [9.17, 15) is 9.59 Å². The predicted octanol–water partition coefficient (Wildman–Crippen LogP) is 2.72. The van der Waals surface area contributed by atoms with E-state index < -0.39 is 0 Å². The minimum absolute atomic E-state index is 0.0161. The summed E-state index contributed by atoms with van der Waals surface area (Å²) in [6.45, 7) is 2.82. The third-order valence-electron chi connectivity index (χ3n) is 5.69. The maximum Gasteiger partial charge on any atom is 0.317 e. The summed E-state index contributed by atoms with van der Waals surface area (Å²) >= 11 is 0. The van der Waals surface area contributed by atoms with Crippen LogP contribution in [0.15, 0.2) is 24.3 Å². The lowest BCUT2D eigenvalue weighted by molar-refractivity contribution is -0.132. The smallest absolute Gasteiger partial charge is 0.317 e. The van der Waals surface area contributed by atoms with Gasteiger partial charge in [0, 0.05) is 32.1 Å². The number of nitrogens with one attached hydrogen (secondary N) is 1. The first-order valence-electron chi connectivity index (χ1n) is 9.64. The summed E-state index contributed by atoms with van der Waals surface area (Å²) in [6.07, 6.45) is 6.17. The van der Waals surface area contributed by atoms with Crippen LogP contribution in [0.1, 0.15) is 49.3 Å². The Hall–Kier alpha value is -2.04. The van der Waals surface area contributed by atoms with Gasteiger partial charge in [0.15, 0.2) is 0 Å². The molecule has 4 rings (SSSR count). The standard InChI is InChI=1S/C20H27N3O2/c24-19(16-9-10-16)22-11-4-12-23(14-13-22)20(25)21-18-8-3-6-15-5-1-2-7-17(15)18/h1-2,5,7,16,18H,3-4,6,8-14H2,(H,21,25)/t18-/m1/s1. The van der Waals surface area contributed by atoms with E-state index in [0.29, 0.717) is 19.0 Å². The largest absolute Gasteiger partial charge is 0.341 e. The molecule has 5 heteroatoms. The molecule has 134 valence electrons. The summed E-state index contributed by atoms with van der Waals surface area (Å²) in [5, 5.41) is 3.24. The van der Waals surface area contributed by atoms with E-state index in [1.807, 2.05) is 9.80 Å². The van der Waals surface area contributed by atoms with E-state index in [4.69, 9.17) is 0 Å². The molecule has 1 aromatic rings. The van der Waals surface area contributed by atoms with Crippen LogP contribution in [0.5, 0.6) is 0 Å². The third kappa shape index (κ3) is 3.65. The van der Waals surface area contributed by atoms with Crippen LogP contribution in [0.4, 0.5) is 4.79 Å². The van der Waals surface area contributed by atoms with Crippen molar-refractivity contribution in [2.45, 2.75) is 44.6 Å². The zero-order chi connectivity index (χ0) is 17.2. The van der Waals surface area contributed by atoms with Crippen molar-refractivity contribution in [1.29, 1.82) is 0 Å². The van der Waals surface area contributed by atoms with Gasteiger partial charge >= 0.3 is 6.03 Å². The van der Waals surface area contributed by atoms with Crippen LogP contribution in [0, 0.1) is 5.92 Å². The van der Waals surface area contributed by atoms with Crippen LogP contribution >= 0.6 is 0 Å². The molecule has 1 aromatic carbocycles. The summed E-state index contributed by atoms with van der Waals surface area (Å²) in [5.41, 5.74) is 2.62. The summed E-state index contributed by atoms with van der Waals surface area (Å²) < 4.78 is 0. The van der Waals surface area contributed by atoms with Crippen LogP contribution in [-0.2, 0) is 11.2 Å². The van der Waals surface area contributed by atoms with Gasteiger partial charge in [0.25, 0.3) is 0 Å². The van der Waals surface area contributed by atoms with Crippen molar-refractivity contribution in [2.75, 3.05) is 26.2 Å². The monoisotopic (exact) mass is 341 g/mol. The van der Waals surface area contributed by atoms with Crippen LogP contribution in [-0.4, -0.2) is 47.9 Å². The van der Waals surface area contributed by atoms with Crippen LogP contribution in [0.25, 0.3) is 0 Å². The van der Waals surface area contributed by atoms with E-state index in [0.717, 1.165) is 51.6 Å². The van der Waals surface area contributed by atoms with E-state index in [-0.39, 0.29) is 18.0 Å². The Morgan fingerprint density at radius 3 is 2.52 bits per heavy atom. The predicted molar refractivity (Wildman–Crippen MR) is 96.1 cm³/mol. The first kappa shape index (κ1) is 16.4. The first-order chi connectivity index (χ1) is 12.2. The van der Waals surface area contributed by atoms with Gasteiger partial charge in [0.05, 0.1) is 6.04 Å². The zero-order valence-corrected chi connectivity index (χ0v) is 14.7. The maximum absolute atomic E-state index is 12.8. The van der Waals surface area contributed by atoms with Crippen molar-refractivity contribution in [3.63, 3.8) is 0 Å². The Bertz CT molecular complexity index is 656. The molecule has 5 nitrogen and oxygen atoms in total. The second kappa shape index (κ2) is 7.06. The number of aryl methyl sites for hydroxylation is 1. The molecule has 0 aromatic heterocycles. The third-order valence-corrected chi connectivity index (χ3v) is 5.69. The van der Waals surface area contributed by atoms with Crippen molar-refractivity contribution in [2.24, 2.45) is 5.92 Å². The summed E-state index contributed by atoms with van der Waals surface area (Å²) in [6, 6.07) is 8.56. The number of fused-ring (bicyclic) bond motifs is 1. The van der Waals surface area contributed by atoms with Crippen molar-refractivity contribution in [1.82, 2.24) is 15.1 Å². The fourth-order valence-electron chi connectivity index (χ4n) is 4.07. The second-order valence-electron chi connectivity index (χ2n) is 7.53. The molecule has 25 heavy (non-hydrogen) atoms. The second-order valence-corrected chi connectivity index (χ2v) is 7.53. The number of amides is 3. The molecule has 1 atom stereocenters. The molecule has 1 saturated carbocycles. The number of urea groups is 1. The van der Waals surface area contributed by atoms with Gasteiger partial charge in [-0.25, -0.2) is 4.79 Å². The molecular weight excluding hydrogens is 314 g/mol. The van der Waals surface area contributed by atoms with Crippen molar-refractivity contribution in [3.05, 3.63) is 35.4 Å². The maximum atomic E-state index is 12.8. The lowest BCUT2D eigenvalue weighted by atomic mass is 9.88. The molecular formula is C20H27N3O2. The summed E-state index contributed by atoms with van der Waals surface area (Å²) in [4.78, 5) is 28.9. The fourth-order valence-corrected chi connectivity index (χ4v) is 4.07. The molecule has 3 amide bonds. The number of hydrogen-bond acceptors (Lipinski definition) is 2. The highest BCUT2D eigenvalue weighted by Crippen LogP contribution is 2.31. The molecule has 2 aliphatic carbocycles. The number of carbonyl (C=O) groups is 2. The van der Waals surface area contributed by atoms with E-state index in [1.165, 1.54) is 11.1 Å². The van der Waals surface area contributed by atoms with E-state index in [2.05, 4.69) is 29.6 Å². The highest BCUT2D eigenvalue weighted by atomic mass is 16.2. The van der Waals surface area contributed by atoms with Gasteiger partial charge in [-0.2, -0.15) is 0 Å². The fraction of sp³-hybridized carbons (Fsp3) is 0.600. The molecule has 2 fully saturated rings. The average Bonchev–Trinajstić information content (AvgIpc) is 3.48. The Kier molecular flexibility index (Phi) is 4.64. The SMILES string of the molecule is O=C(N[C@@H]1CCCc2ccccc21)N1CCCN(C(=O)C2CC2)CC1. The Morgan fingerprint density at radius 1 is 0.920 bits per heavy atom. The number of rotatable bonds is 2. The lowest BCUT2D eigenvalue weighted by Gasteiger charge is -2.29. The minimum Gasteiger partial charge on any atom is -0.341 e. The van der Waals surface area contributed by atoms with Crippen LogP contribution in [0.2, 0.25) is 0 Å². The molecule has 1 saturated heterocycles. The molecule has 0 bridgehead atoms. The highest BCUT2D eigenvalue weighted by Gasteiger charge is 2.34. The molecule has 3 aliphatic rings. The van der Waals surface area contributed by atoms with Gasteiger partial charge in [-0.05, 0) is 49.7 Å². The van der Waals surface area contributed by atoms with Crippen molar-refractivity contribution < 1.29 is 9.59 Å².